The first-order valence-corrected chi connectivity index (χ1v) is 14.1. The van der Waals surface area contributed by atoms with Crippen LogP contribution in [0.4, 0.5) is 5.69 Å². The van der Waals surface area contributed by atoms with E-state index < -0.39 is 6.04 Å². The third-order valence-electron chi connectivity index (χ3n) is 9.33. The van der Waals surface area contributed by atoms with Gasteiger partial charge in [0, 0.05) is 12.1 Å². The van der Waals surface area contributed by atoms with Crippen molar-refractivity contribution in [2.24, 2.45) is 35.5 Å². The molecule has 1 aliphatic heterocycles. The van der Waals surface area contributed by atoms with E-state index >= 15 is 0 Å². The Balaban J connectivity index is 1.13. The van der Waals surface area contributed by atoms with Crippen LogP contribution in [0.2, 0.25) is 0 Å². The van der Waals surface area contributed by atoms with Crippen molar-refractivity contribution in [2.75, 3.05) is 5.32 Å². The minimum absolute atomic E-state index is 0.117. The molecule has 3 fully saturated rings. The second kappa shape index (κ2) is 9.47. The number of benzene rings is 3. The minimum Gasteiger partial charge on any atom is -0.457 e. The number of allylic oxidation sites excluding steroid dienone is 2. The maximum atomic E-state index is 13.8. The molecule has 6 nitrogen and oxygen atoms in total. The molecule has 5 aliphatic rings. The molecular formula is C34H32N2O4. The molecule has 0 aromatic heterocycles. The second-order valence-electron chi connectivity index (χ2n) is 11.7. The van der Waals surface area contributed by atoms with Crippen LogP contribution in [0.15, 0.2) is 84.9 Å². The highest BCUT2D eigenvalue weighted by Crippen LogP contribution is 2.65. The molecule has 7 atom stereocenters. The summed E-state index contributed by atoms with van der Waals surface area (Å²) < 4.78 is 6.11. The molecule has 3 aromatic carbocycles. The van der Waals surface area contributed by atoms with Gasteiger partial charge in [0.2, 0.25) is 17.7 Å². The molecule has 8 rings (SSSR count). The Morgan fingerprint density at radius 3 is 2.05 bits per heavy atom. The number of likely N-dealkylation sites (tertiary alicyclic amines) is 1. The van der Waals surface area contributed by atoms with Crippen molar-refractivity contribution in [2.45, 2.75) is 32.7 Å². The highest BCUT2D eigenvalue weighted by Gasteiger charge is 2.67. The number of nitrogens with zero attached hydrogens (tertiary/aromatic N) is 1. The summed E-state index contributed by atoms with van der Waals surface area (Å²) in [6, 6.07) is 21.9. The number of carbonyl (C=O) groups excluding carboxylic acids is 3. The molecule has 1 N–H and O–H groups in total. The van der Waals surface area contributed by atoms with E-state index in [1.165, 1.54) is 4.90 Å². The highest BCUT2D eigenvalue weighted by molar-refractivity contribution is 6.10. The average molecular weight is 533 g/mol. The van der Waals surface area contributed by atoms with Gasteiger partial charge in [-0.05, 0) is 84.9 Å². The monoisotopic (exact) mass is 532 g/mol. The Hall–Kier alpha value is -4.19. The van der Waals surface area contributed by atoms with Gasteiger partial charge < -0.3 is 10.1 Å². The van der Waals surface area contributed by atoms with E-state index in [0.717, 1.165) is 28.9 Å². The van der Waals surface area contributed by atoms with Crippen molar-refractivity contribution < 1.29 is 19.1 Å². The summed E-state index contributed by atoms with van der Waals surface area (Å²) in [6.07, 6.45) is 5.69. The summed E-state index contributed by atoms with van der Waals surface area (Å²) in [5.41, 5.74) is 3.57. The van der Waals surface area contributed by atoms with Crippen molar-refractivity contribution in [1.29, 1.82) is 0 Å². The van der Waals surface area contributed by atoms with Gasteiger partial charge in [-0.1, -0.05) is 60.7 Å². The number of anilines is 1. The standard InChI is InChI=1S/C34H32N2O4/c1-19-7-6-8-20(2)31(19)40-23-13-11-22(12-14-23)35-32(37)28(17-21-9-4-3-5-10-21)36-33(38)29-24-15-16-25(27-18-26(24)27)30(29)34(36)39/h3-16,24-30H,17-18H2,1-2H3,(H,35,37)/t24-,25-,26-,27+,28+,29+,30+/m1/s1. The Morgan fingerprint density at radius 2 is 1.45 bits per heavy atom. The first kappa shape index (κ1) is 24.8. The smallest absolute Gasteiger partial charge is 0.248 e. The quantitative estimate of drug-likeness (QED) is 0.313. The number of aryl methyl sites for hydroxylation is 2. The third-order valence-corrected chi connectivity index (χ3v) is 9.33. The van der Waals surface area contributed by atoms with E-state index in [-0.39, 0.29) is 47.8 Å². The Labute approximate surface area is 234 Å². The van der Waals surface area contributed by atoms with Crippen LogP contribution in [0.3, 0.4) is 0 Å². The molecule has 3 aromatic rings. The molecule has 1 saturated heterocycles. The number of carbonyl (C=O) groups is 3. The van der Waals surface area contributed by atoms with Crippen LogP contribution >= 0.6 is 0 Å². The number of ether oxygens (including phenoxy) is 1. The minimum atomic E-state index is -0.922. The van der Waals surface area contributed by atoms with Gasteiger partial charge in [0.25, 0.3) is 0 Å². The van der Waals surface area contributed by atoms with Crippen molar-refractivity contribution >= 4 is 23.4 Å². The zero-order valence-corrected chi connectivity index (χ0v) is 22.6. The fourth-order valence-corrected chi connectivity index (χ4v) is 7.34. The van der Waals surface area contributed by atoms with Gasteiger partial charge >= 0.3 is 0 Å². The van der Waals surface area contributed by atoms with Crippen LogP contribution in [0.25, 0.3) is 0 Å². The van der Waals surface area contributed by atoms with E-state index in [0.29, 0.717) is 23.3 Å². The normalized spacial score (nSPS) is 28.2. The fourth-order valence-electron chi connectivity index (χ4n) is 7.34. The Bertz CT molecular complexity index is 1470. The Morgan fingerprint density at radius 1 is 0.850 bits per heavy atom. The molecule has 3 amide bonds. The number of nitrogens with one attached hydrogen (secondary N) is 1. The molecule has 0 spiro atoms. The molecule has 202 valence electrons. The third kappa shape index (κ3) is 4.05. The van der Waals surface area contributed by atoms with E-state index in [4.69, 9.17) is 4.74 Å². The molecule has 6 heteroatoms. The second-order valence-corrected chi connectivity index (χ2v) is 11.7. The number of hydrogen-bond acceptors (Lipinski definition) is 4. The molecule has 2 saturated carbocycles. The van der Waals surface area contributed by atoms with E-state index in [1.807, 2.05) is 74.5 Å². The highest BCUT2D eigenvalue weighted by atomic mass is 16.5. The molecule has 0 unspecified atom stereocenters. The first-order chi connectivity index (χ1) is 19.4. The lowest BCUT2D eigenvalue weighted by Gasteiger charge is -2.37. The summed E-state index contributed by atoms with van der Waals surface area (Å²) in [5, 5.41) is 2.97. The summed E-state index contributed by atoms with van der Waals surface area (Å²) in [5.74, 6) is 1.33. The van der Waals surface area contributed by atoms with E-state index in [9.17, 15) is 14.4 Å². The van der Waals surface area contributed by atoms with Crippen LogP contribution in [0.5, 0.6) is 11.5 Å². The van der Waals surface area contributed by atoms with Gasteiger partial charge in [-0.2, -0.15) is 0 Å². The number of rotatable bonds is 7. The van der Waals surface area contributed by atoms with Crippen LogP contribution in [-0.4, -0.2) is 28.7 Å². The zero-order valence-electron chi connectivity index (χ0n) is 22.6. The summed E-state index contributed by atoms with van der Waals surface area (Å²) in [7, 11) is 0. The van der Waals surface area contributed by atoms with Gasteiger partial charge in [0.15, 0.2) is 0 Å². The van der Waals surface area contributed by atoms with Gasteiger partial charge in [-0.15, -0.1) is 0 Å². The van der Waals surface area contributed by atoms with Crippen molar-refractivity contribution in [3.63, 3.8) is 0 Å². The van der Waals surface area contributed by atoms with Gasteiger partial charge in [0.05, 0.1) is 11.8 Å². The Kier molecular flexibility index (Phi) is 5.88. The molecule has 2 bridgehead atoms. The predicted octanol–water partition coefficient (Wildman–Crippen LogP) is 5.70. The maximum Gasteiger partial charge on any atom is 0.248 e. The summed E-state index contributed by atoms with van der Waals surface area (Å²) >= 11 is 0. The molecular weight excluding hydrogens is 500 g/mol. The topological polar surface area (TPSA) is 75.7 Å². The lowest BCUT2D eigenvalue weighted by molar-refractivity contribution is -0.146. The molecule has 1 heterocycles. The molecule has 4 aliphatic carbocycles. The van der Waals surface area contributed by atoms with Gasteiger partial charge in [-0.3, -0.25) is 19.3 Å². The number of amides is 3. The lowest BCUT2D eigenvalue weighted by atomic mass is 9.63. The fraction of sp³-hybridized carbons (Fsp3) is 0.324. The van der Waals surface area contributed by atoms with E-state index in [2.05, 4.69) is 17.5 Å². The SMILES string of the molecule is Cc1cccc(C)c1Oc1ccc(NC(=O)[C@H](Cc2ccccc2)N2C(=O)[C@H]3[C@@H]4C=C[C@H]([C@@H]5C[C@H]45)[C@@H]3C2=O)cc1. The van der Waals surface area contributed by atoms with Gasteiger partial charge in [0.1, 0.15) is 17.5 Å². The van der Waals surface area contributed by atoms with E-state index in [1.54, 1.807) is 12.1 Å². The van der Waals surface area contributed by atoms with Crippen LogP contribution in [-0.2, 0) is 20.8 Å². The van der Waals surface area contributed by atoms with Crippen LogP contribution in [0, 0.1) is 49.4 Å². The van der Waals surface area contributed by atoms with Crippen molar-refractivity contribution in [1.82, 2.24) is 4.90 Å². The van der Waals surface area contributed by atoms with Crippen molar-refractivity contribution in [3.05, 3.63) is 102 Å². The number of para-hydroxylation sites is 1. The predicted molar refractivity (Wildman–Crippen MR) is 152 cm³/mol. The zero-order chi connectivity index (χ0) is 27.5. The average Bonchev–Trinajstić information content (AvgIpc) is 3.74. The molecule has 40 heavy (non-hydrogen) atoms. The largest absolute Gasteiger partial charge is 0.457 e. The van der Waals surface area contributed by atoms with Gasteiger partial charge in [-0.25, -0.2) is 0 Å². The van der Waals surface area contributed by atoms with Crippen molar-refractivity contribution in [3.8, 4) is 11.5 Å². The lowest BCUT2D eigenvalue weighted by Crippen LogP contribution is -2.49. The van der Waals surface area contributed by atoms with Crippen LogP contribution in [0.1, 0.15) is 23.1 Å². The maximum absolute atomic E-state index is 13.8. The van der Waals surface area contributed by atoms with Crippen LogP contribution < -0.4 is 10.1 Å². The summed E-state index contributed by atoms with van der Waals surface area (Å²) in [4.78, 5) is 42.8. The summed E-state index contributed by atoms with van der Waals surface area (Å²) in [6.45, 7) is 4.01. The first-order valence-electron chi connectivity index (χ1n) is 14.1. The number of imide groups is 1. The number of hydrogen-bond donors (Lipinski definition) is 1. The molecule has 0 radical (unpaired) electrons.